The first-order valence-electron chi connectivity index (χ1n) is 7.67. The smallest absolute Gasteiger partial charge is 0.291 e. The van der Waals surface area contributed by atoms with E-state index in [1.807, 2.05) is 25.7 Å². The minimum absolute atomic E-state index is 0.0435. The fourth-order valence-corrected chi connectivity index (χ4v) is 3.49. The zero-order valence-corrected chi connectivity index (χ0v) is 13.5. The summed E-state index contributed by atoms with van der Waals surface area (Å²) in [7, 11) is 0. The highest BCUT2D eigenvalue weighted by molar-refractivity contribution is 5.93. The average Bonchev–Trinajstić information content (AvgIpc) is 3.05. The second kappa shape index (κ2) is 4.83. The van der Waals surface area contributed by atoms with Crippen molar-refractivity contribution in [3.8, 4) is 0 Å². The highest BCUT2D eigenvalue weighted by Crippen LogP contribution is 2.43. The largest absolute Gasteiger partial charge is 0.435 e. The predicted molar refractivity (Wildman–Crippen MR) is 78.2 cm³/mol. The number of likely N-dealkylation sites (tertiary alicyclic amines) is 1. The SMILES string of the molecule is Cc1nc(C(C)C)oc1C(=O)N1CC(C)(C)[C@@H]2COC[C@@H]21. The molecule has 116 valence electrons. The Kier molecular flexibility index (Phi) is 3.35. The van der Waals surface area contributed by atoms with Crippen LogP contribution in [0, 0.1) is 18.3 Å². The number of ether oxygens (including phenoxy) is 1. The number of nitrogens with zero attached hydrogens (tertiary/aromatic N) is 2. The molecule has 2 atom stereocenters. The molecule has 0 unspecified atom stereocenters. The minimum Gasteiger partial charge on any atom is -0.435 e. The normalized spacial score (nSPS) is 27.4. The number of carbonyl (C=O) groups excluding carboxylic acids is 1. The van der Waals surface area contributed by atoms with Gasteiger partial charge in [0.2, 0.25) is 5.76 Å². The summed E-state index contributed by atoms with van der Waals surface area (Å²) < 4.78 is 11.3. The third-order valence-electron chi connectivity index (χ3n) is 4.79. The van der Waals surface area contributed by atoms with Crippen LogP contribution in [0.3, 0.4) is 0 Å². The monoisotopic (exact) mass is 292 g/mol. The number of rotatable bonds is 2. The van der Waals surface area contributed by atoms with Gasteiger partial charge in [-0.2, -0.15) is 0 Å². The van der Waals surface area contributed by atoms with Gasteiger partial charge in [-0.05, 0) is 12.3 Å². The molecule has 2 fully saturated rings. The summed E-state index contributed by atoms with van der Waals surface area (Å²) in [6.45, 7) is 12.4. The van der Waals surface area contributed by atoms with E-state index in [4.69, 9.17) is 9.15 Å². The highest BCUT2D eigenvalue weighted by Gasteiger charge is 2.52. The summed E-state index contributed by atoms with van der Waals surface area (Å²) in [4.78, 5) is 19.2. The van der Waals surface area contributed by atoms with Gasteiger partial charge >= 0.3 is 0 Å². The van der Waals surface area contributed by atoms with Crippen LogP contribution in [0.2, 0.25) is 0 Å². The maximum absolute atomic E-state index is 12.9. The number of oxazole rings is 1. The van der Waals surface area contributed by atoms with Gasteiger partial charge in [-0.1, -0.05) is 27.7 Å². The van der Waals surface area contributed by atoms with Crippen molar-refractivity contribution < 1.29 is 13.9 Å². The molecule has 0 bridgehead atoms. The first-order valence-corrected chi connectivity index (χ1v) is 7.67. The Balaban J connectivity index is 1.89. The van der Waals surface area contributed by atoms with Gasteiger partial charge in [0.15, 0.2) is 5.89 Å². The quantitative estimate of drug-likeness (QED) is 0.840. The fourth-order valence-electron chi connectivity index (χ4n) is 3.49. The van der Waals surface area contributed by atoms with Crippen LogP contribution in [0.15, 0.2) is 4.42 Å². The van der Waals surface area contributed by atoms with Crippen LogP contribution in [-0.2, 0) is 4.74 Å². The predicted octanol–water partition coefficient (Wildman–Crippen LogP) is 2.60. The number of fused-ring (bicyclic) bond motifs is 1. The van der Waals surface area contributed by atoms with Crippen molar-refractivity contribution in [3.63, 3.8) is 0 Å². The maximum Gasteiger partial charge on any atom is 0.291 e. The van der Waals surface area contributed by atoms with Gasteiger partial charge in [0, 0.05) is 18.4 Å². The van der Waals surface area contributed by atoms with E-state index < -0.39 is 0 Å². The van der Waals surface area contributed by atoms with Gasteiger partial charge in [0.25, 0.3) is 5.91 Å². The van der Waals surface area contributed by atoms with E-state index in [9.17, 15) is 4.79 Å². The van der Waals surface area contributed by atoms with Gasteiger partial charge in [-0.15, -0.1) is 0 Å². The summed E-state index contributed by atoms with van der Waals surface area (Å²) in [6.07, 6.45) is 0. The molecule has 3 rings (SSSR count). The van der Waals surface area contributed by atoms with Crippen molar-refractivity contribution in [2.75, 3.05) is 19.8 Å². The van der Waals surface area contributed by atoms with Crippen molar-refractivity contribution in [3.05, 3.63) is 17.3 Å². The lowest BCUT2D eigenvalue weighted by Crippen LogP contribution is -2.38. The molecule has 2 saturated heterocycles. The average molecular weight is 292 g/mol. The molecular formula is C16H24N2O3. The summed E-state index contributed by atoms with van der Waals surface area (Å²) in [5.74, 6) is 1.57. The van der Waals surface area contributed by atoms with Crippen LogP contribution in [0.1, 0.15) is 55.8 Å². The summed E-state index contributed by atoms with van der Waals surface area (Å²) in [5.41, 5.74) is 0.773. The van der Waals surface area contributed by atoms with E-state index in [0.29, 0.717) is 29.9 Å². The Bertz CT molecular complexity index is 562. The van der Waals surface area contributed by atoms with E-state index >= 15 is 0 Å². The molecule has 0 aromatic carbocycles. The van der Waals surface area contributed by atoms with Crippen molar-refractivity contribution in [1.29, 1.82) is 0 Å². The maximum atomic E-state index is 12.9. The number of amides is 1. The summed E-state index contributed by atoms with van der Waals surface area (Å²) in [5, 5.41) is 0. The zero-order valence-electron chi connectivity index (χ0n) is 13.5. The van der Waals surface area contributed by atoms with Crippen molar-refractivity contribution in [2.45, 2.75) is 46.6 Å². The molecule has 0 spiro atoms. The summed E-state index contributed by atoms with van der Waals surface area (Å²) in [6, 6.07) is 0.166. The topological polar surface area (TPSA) is 55.6 Å². The van der Waals surface area contributed by atoms with Crippen LogP contribution in [0.25, 0.3) is 0 Å². The minimum atomic E-state index is -0.0435. The van der Waals surface area contributed by atoms with E-state index in [1.54, 1.807) is 0 Å². The van der Waals surface area contributed by atoms with E-state index in [1.165, 1.54) is 0 Å². The molecule has 0 saturated carbocycles. The Morgan fingerprint density at radius 2 is 2.10 bits per heavy atom. The molecule has 3 heterocycles. The van der Waals surface area contributed by atoms with E-state index in [0.717, 1.165) is 13.2 Å². The third-order valence-corrected chi connectivity index (χ3v) is 4.79. The Labute approximate surface area is 125 Å². The lowest BCUT2D eigenvalue weighted by Gasteiger charge is -2.23. The van der Waals surface area contributed by atoms with Gasteiger partial charge in [-0.3, -0.25) is 4.79 Å². The lowest BCUT2D eigenvalue weighted by molar-refractivity contribution is 0.0631. The molecule has 5 heteroatoms. The number of aromatic nitrogens is 1. The van der Waals surface area contributed by atoms with Crippen molar-refractivity contribution >= 4 is 5.91 Å². The molecule has 2 aliphatic heterocycles. The van der Waals surface area contributed by atoms with Crippen molar-refractivity contribution in [1.82, 2.24) is 9.88 Å². The van der Waals surface area contributed by atoms with Gasteiger partial charge in [0.1, 0.15) is 0 Å². The Hall–Kier alpha value is -1.36. The molecule has 1 amide bonds. The summed E-state index contributed by atoms with van der Waals surface area (Å²) >= 11 is 0. The third kappa shape index (κ3) is 2.27. The Morgan fingerprint density at radius 1 is 1.38 bits per heavy atom. The Morgan fingerprint density at radius 3 is 2.71 bits per heavy atom. The fraction of sp³-hybridized carbons (Fsp3) is 0.750. The highest BCUT2D eigenvalue weighted by atomic mass is 16.5. The molecule has 0 radical (unpaired) electrons. The van der Waals surface area contributed by atoms with Gasteiger partial charge < -0.3 is 14.1 Å². The molecule has 0 aliphatic carbocycles. The molecule has 21 heavy (non-hydrogen) atoms. The second-order valence-corrected chi connectivity index (χ2v) is 7.25. The van der Waals surface area contributed by atoms with Crippen LogP contribution in [-0.4, -0.2) is 41.6 Å². The number of hydrogen-bond acceptors (Lipinski definition) is 4. The number of hydrogen-bond donors (Lipinski definition) is 0. The standard InChI is InChI=1S/C16H24N2O3/c1-9(2)14-17-10(3)13(21-14)15(19)18-8-16(4,5)11-6-20-7-12(11)18/h9,11-12H,6-8H2,1-5H3/t11-,12+/m1/s1. The second-order valence-electron chi connectivity index (χ2n) is 7.25. The molecule has 0 N–H and O–H groups in total. The van der Waals surface area contributed by atoms with Gasteiger partial charge in [0.05, 0.1) is 24.9 Å². The molecule has 5 nitrogen and oxygen atoms in total. The molecular weight excluding hydrogens is 268 g/mol. The molecule has 1 aromatic heterocycles. The van der Waals surface area contributed by atoms with Crippen LogP contribution >= 0.6 is 0 Å². The van der Waals surface area contributed by atoms with Crippen LogP contribution < -0.4 is 0 Å². The molecule has 2 aliphatic rings. The first kappa shape index (κ1) is 14.6. The number of aryl methyl sites for hydroxylation is 1. The van der Waals surface area contributed by atoms with Crippen molar-refractivity contribution in [2.24, 2.45) is 11.3 Å². The first-order chi connectivity index (χ1) is 9.81. The number of carbonyl (C=O) groups is 1. The van der Waals surface area contributed by atoms with Crippen LogP contribution in [0.4, 0.5) is 0 Å². The van der Waals surface area contributed by atoms with Crippen LogP contribution in [0.5, 0.6) is 0 Å². The van der Waals surface area contributed by atoms with E-state index in [-0.39, 0.29) is 23.3 Å². The molecule has 1 aromatic rings. The lowest BCUT2D eigenvalue weighted by atomic mass is 9.80. The zero-order chi connectivity index (χ0) is 15.4. The van der Waals surface area contributed by atoms with E-state index in [2.05, 4.69) is 18.8 Å². The van der Waals surface area contributed by atoms with Gasteiger partial charge in [-0.25, -0.2) is 4.98 Å².